The van der Waals surface area contributed by atoms with Crippen molar-refractivity contribution in [2.75, 3.05) is 18.1 Å². The van der Waals surface area contributed by atoms with Gasteiger partial charge in [0.25, 0.3) is 0 Å². The maximum absolute atomic E-state index is 10.8. The van der Waals surface area contributed by atoms with Crippen LogP contribution >= 0.6 is 11.8 Å². The number of thioether (sulfide) groups is 1. The van der Waals surface area contributed by atoms with Gasteiger partial charge in [-0.15, -0.1) is 0 Å². The fraction of sp³-hybridized carbons (Fsp3) is 0.900. The van der Waals surface area contributed by atoms with Crippen LogP contribution in [0.3, 0.4) is 0 Å². The van der Waals surface area contributed by atoms with E-state index in [0.29, 0.717) is 6.61 Å². The highest BCUT2D eigenvalue weighted by atomic mass is 32.2. The summed E-state index contributed by atoms with van der Waals surface area (Å²) in [6, 6.07) is -0.726. The highest BCUT2D eigenvalue weighted by Crippen LogP contribution is 2.40. The molecule has 1 spiro atoms. The summed E-state index contributed by atoms with van der Waals surface area (Å²) in [5.41, 5.74) is 5.61. The van der Waals surface area contributed by atoms with Crippen molar-refractivity contribution in [3.8, 4) is 0 Å². The number of hydrogen-bond donors (Lipinski definition) is 2. The standard InChI is InChI=1S/C10H17NO3S/c11-8(9(12)13)7-1-3-14-10(5-7)2-4-15-6-10/h7-8H,1-6,11H2,(H,12,13). The van der Waals surface area contributed by atoms with Crippen molar-refractivity contribution in [3.05, 3.63) is 0 Å². The number of hydrogen-bond acceptors (Lipinski definition) is 4. The van der Waals surface area contributed by atoms with Gasteiger partial charge < -0.3 is 15.6 Å². The molecule has 0 aromatic carbocycles. The molecule has 0 saturated carbocycles. The van der Waals surface area contributed by atoms with E-state index in [1.807, 2.05) is 11.8 Å². The monoisotopic (exact) mass is 231 g/mol. The second kappa shape index (κ2) is 4.31. The van der Waals surface area contributed by atoms with E-state index in [2.05, 4.69) is 0 Å². The first-order chi connectivity index (χ1) is 7.13. The van der Waals surface area contributed by atoms with E-state index < -0.39 is 12.0 Å². The zero-order valence-corrected chi connectivity index (χ0v) is 9.46. The third-order valence-corrected chi connectivity index (χ3v) is 4.61. The number of nitrogens with two attached hydrogens (primary N) is 1. The number of ether oxygens (including phenoxy) is 1. The van der Waals surface area contributed by atoms with Gasteiger partial charge in [0.05, 0.1) is 5.60 Å². The minimum atomic E-state index is -0.886. The van der Waals surface area contributed by atoms with Crippen molar-refractivity contribution < 1.29 is 14.6 Å². The topological polar surface area (TPSA) is 72.6 Å². The van der Waals surface area contributed by atoms with E-state index in [1.54, 1.807) is 0 Å². The lowest BCUT2D eigenvalue weighted by Gasteiger charge is -2.38. The van der Waals surface area contributed by atoms with Gasteiger partial charge in [-0.2, -0.15) is 11.8 Å². The van der Waals surface area contributed by atoms with E-state index in [9.17, 15) is 4.79 Å². The maximum atomic E-state index is 10.8. The van der Waals surface area contributed by atoms with Crippen molar-refractivity contribution in [1.82, 2.24) is 0 Å². The summed E-state index contributed by atoms with van der Waals surface area (Å²) < 4.78 is 5.82. The first-order valence-corrected chi connectivity index (χ1v) is 6.49. The Morgan fingerprint density at radius 3 is 3.07 bits per heavy atom. The Hall–Kier alpha value is -0.260. The van der Waals surface area contributed by atoms with Crippen LogP contribution in [-0.2, 0) is 9.53 Å². The molecule has 0 amide bonds. The van der Waals surface area contributed by atoms with Crippen molar-refractivity contribution in [3.63, 3.8) is 0 Å². The van der Waals surface area contributed by atoms with Gasteiger partial charge in [0.15, 0.2) is 0 Å². The van der Waals surface area contributed by atoms with Gasteiger partial charge in [-0.3, -0.25) is 4.79 Å². The van der Waals surface area contributed by atoms with Gasteiger partial charge >= 0.3 is 5.97 Å². The summed E-state index contributed by atoms with van der Waals surface area (Å²) >= 11 is 1.89. The molecule has 4 nitrogen and oxygen atoms in total. The maximum Gasteiger partial charge on any atom is 0.320 e. The molecule has 0 radical (unpaired) electrons. The van der Waals surface area contributed by atoms with Crippen LogP contribution in [0.15, 0.2) is 0 Å². The summed E-state index contributed by atoms with van der Waals surface area (Å²) in [4.78, 5) is 10.8. The molecule has 15 heavy (non-hydrogen) atoms. The molecule has 2 aliphatic rings. The number of carboxylic acids is 1. The van der Waals surface area contributed by atoms with Gasteiger partial charge in [0.2, 0.25) is 0 Å². The van der Waals surface area contributed by atoms with Crippen LogP contribution in [0.1, 0.15) is 19.3 Å². The lowest BCUT2D eigenvalue weighted by atomic mass is 9.81. The Balaban J connectivity index is 2.00. The fourth-order valence-electron chi connectivity index (χ4n) is 2.44. The summed E-state index contributed by atoms with van der Waals surface area (Å²) in [6.07, 6.45) is 2.63. The SMILES string of the molecule is NC(C(=O)O)C1CCOC2(CCSC2)C1. The van der Waals surface area contributed by atoms with Crippen LogP contribution in [0.5, 0.6) is 0 Å². The first-order valence-electron chi connectivity index (χ1n) is 5.33. The second-order valence-electron chi connectivity index (χ2n) is 4.45. The number of rotatable bonds is 2. The Morgan fingerprint density at radius 1 is 1.67 bits per heavy atom. The molecule has 0 aromatic heterocycles. The summed E-state index contributed by atoms with van der Waals surface area (Å²) in [7, 11) is 0. The molecule has 0 aliphatic carbocycles. The minimum absolute atomic E-state index is 0.0688. The molecule has 3 atom stereocenters. The fourth-order valence-corrected chi connectivity index (χ4v) is 3.82. The van der Waals surface area contributed by atoms with Crippen LogP contribution in [-0.4, -0.2) is 40.8 Å². The van der Waals surface area contributed by atoms with E-state index in [0.717, 1.165) is 30.8 Å². The molecule has 0 aromatic rings. The summed E-state index contributed by atoms with van der Waals surface area (Å²) in [6.45, 7) is 0.659. The van der Waals surface area contributed by atoms with Gasteiger partial charge in [0.1, 0.15) is 6.04 Å². The predicted octanol–water partition coefficient (Wildman–Crippen LogP) is 0.701. The Morgan fingerprint density at radius 2 is 2.47 bits per heavy atom. The molecule has 2 saturated heterocycles. The molecular weight excluding hydrogens is 214 g/mol. The van der Waals surface area contributed by atoms with Crippen molar-refractivity contribution >= 4 is 17.7 Å². The molecule has 2 rings (SSSR count). The van der Waals surface area contributed by atoms with Gasteiger partial charge in [-0.25, -0.2) is 0 Å². The van der Waals surface area contributed by atoms with Crippen LogP contribution in [0.2, 0.25) is 0 Å². The highest BCUT2D eigenvalue weighted by Gasteiger charge is 2.43. The average molecular weight is 231 g/mol. The molecule has 2 fully saturated rings. The second-order valence-corrected chi connectivity index (χ2v) is 5.56. The highest BCUT2D eigenvalue weighted by molar-refractivity contribution is 7.99. The van der Waals surface area contributed by atoms with Gasteiger partial charge in [-0.1, -0.05) is 0 Å². The molecule has 2 aliphatic heterocycles. The van der Waals surface area contributed by atoms with Crippen LogP contribution in [0.25, 0.3) is 0 Å². The zero-order valence-electron chi connectivity index (χ0n) is 8.65. The number of aliphatic carboxylic acids is 1. The lowest BCUT2D eigenvalue weighted by molar-refractivity contribution is -0.143. The molecule has 5 heteroatoms. The number of carboxylic acid groups (broad SMARTS) is 1. The average Bonchev–Trinajstić information content (AvgIpc) is 2.65. The van der Waals surface area contributed by atoms with E-state index in [1.165, 1.54) is 0 Å². The quantitative estimate of drug-likeness (QED) is 0.732. The number of carbonyl (C=O) groups is 1. The predicted molar refractivity (Wildman–Crippen MR) is 59.0 cm³/mol. The van der Waals surface area contributed by atoms with Crippen molar-refractivity contribution in [2.45, 2.75) is 30.9 Å². The Kier molecular flexibility index (Phi) is 3.23. The molecule has 0 bridgehead atoms. The van der Waals surface area contributed by atoms with E-state index in [4.69, 9.17) is 15.6 Å². The van der Waals surface area contributed by atoms with E-state index in [-0.39, 0.29) is 11.5 Å². The molecule has 86 valence electrons. The minimum Gasteiger partial charge on any atom is -0.480 e. The van der Waals surface area contributed by atoms with Crippen molar-refractivity contribution in [1.29, 1.82) is 0 Å². The van der Waals surface area contributed by atoms with Crippen molar-refractivity contribution in [2.24, 2.45) is 11.7 Å². The zero-order chi connectivity index (χ0) is 10.9. The largest absolute Gasteiger partial charge is 0.480 e. The van der Waals surface area contributed by atoms with Crippen LogP contribution < -0.4 is 5.73 Å². The Bertz CT molecular complexity index is 253. The third kappa shape index (κ3) is 2.29. The first kappa shape index (κ1) is 11.2. The smallest absolute Gasteiger partial charge is 0.320 e. The van der Waals surface area contributed by atoms with E-state index >= 15 is 0 Å². The normalized spacial score (nSPS) is 38.1. The molecular formula is C10H17NO3S. The third-order valence-electron chi connectivity index (χ3n) is 3.39. The van der Waals surface area contributed by atoms with Gasteiger partial charge in [-0.05, 0) is 30.9 Å². The van der Waals surface area contributed by atoms with Crippen LogP contribution in [0, 0.1) is 5.92 Å². The molecule has 2 heterocycles. The summed E-state index contributed by atoms with van der Waals surface area (Å²) in [5, 5.41) is 8.89. The van der Waals surface area contributed by atoms with Crippen LogP contribution in [0.4, 0.5) is 0 Å². The van der Waals surface area contributed by atoms with Gasteiger partial charge in [0, 0.05) is 12.4 Å². The summed E-state index contributed by atoms with van der Waals surface area (Å²) in [5.74, 6) is 1.31. The molecule has 3 unspecified atom stereocenters. The Labute approximate surface area is 93.5 Å². The molecule has 3 N–H and O–H groups in total. The lowest BCUT2D eigenvalue weighted by Crippen LogP contribution is -2.48.